The molecular weight excluding hydrogens is 263 g/mol. The second-order valence-corrected chi connectivity index (χ2v) is 4.12. The van der Waals surface area contributed by atoms with Crippen LogP contribution >= 0.6 is 23.2 Å². The van der Waals surface area contributed by atoms with Crippen LogP contribution in [0.1, 0.15) is 13.3 Å². The molecule has 0 unspecified atom stereocenters. The zero-order chi connectivity index (χ0) is 12.8. The molecular formula is C11H12Cl2N2O2. The third-order valence-electron chi connectivity index (χ3n) is 1.97. The Bertz CT molecular complexity index is 435. The van der Waals surface area contributed by atoms with Gasteiger partial charge in [-0.2, -0.15) is 0 Å². The molecule has 2 N–H and O–H groups in total. The number of amides is 2. The lowest BCUT2D eigenvalue weighted by Crippen LogP contribution is -2.32. The second kappa shape index (κ2) is 6.47. The summed E-state index contributed by atoms with van der Waals surface area (Å²) in [6.07, 6.45) is 0.347. The molecule has 92 valence electrons. The van der Waals surface area contributed by atoms with Gasteiger partial charge in [-0.3, -0.25) is 9.59 Å². The van der Waals surface area contributed by atoms with E-state index in [1.807, 2.05) is 0 Å². The number of hydrogen-bond donors (Lipinski definition) is 2. The lowest BCUT2D eigenvalue weighted by Gasteiger charge is -2.07. The predicted molar refractivity (Wildman–Crippen MR) is 68.4 cm³/mol. The number of benzene rings is 1. The Morgan fingerprint density at radius 3 is 2.47 bits per heavy atom. The highest BCUT2D eigenvalue weighted by Gasteiger charge is 2.05. The van der Waals surface area contributed by atoms with Crippen LogP contribution in [0.2, 0.25) is 10.0 Å². The fraction of sp³-hybridized carbons (Fsp3) is 0.273. The first-order valence-electron chi connectivity index (χ1n) is 5.04. The Labute approximate surface area is 109 Å². The fourth-order valence-electron chi connectivity index (χ4n) is 1.08. The van der Waals surface area contributed by atoms with Crippen molar-refractivity contribution in [3.8, 4) is 0 Å². The summed E-state index contributed by atoms with van der Waals surface area (Å²) in [5.41, 5.74) is 0.537. The van der Waals surface area contributed by atoms with E-state index in [1.165, 1.54) is 0 Å². The third-order valence-corrected chi connectivity index (χ3v) is 2.71. The molecule has 17 heavy (non-hydrogen) atoms. The van der Waals surface area contributed by atoms with Gasteiger partial charge in [-0.1, -0.05) is 30.1 Å². The topological polar surface area (TPSA) is 58.2 Å². The van der Waals surface area contributed by atoms with Crippen LogP contribution < -0.4 is 10.6 Å². The largest absolute Gasteiger partial charge is 0.347 e. The minimum absolute atomic E-state index is 0.0626. The monoisotopic (exact) mass is 274 g/mol. The summed E-state index contributed by atoms with van der Waals surface area (Å²) in [5, 5.41) is 5.84. The minimum Gasteiger partial charge on any atom is -0.347 e. The summed E-state index contributed by atoms with van der Waals surface area (Å²) in [4.78, 5) is 22.4. The normalized spacial score (nSPS) is 9.82. The van der Waals surface area contributed by atoms with E-state index in [2.05, 4.69) is 10.6 Å². The van der Waals surface area contributed by atoms with Gasteiger partial charge >= 0.3 is 0 Å². The van der Waals surface area contributed by atoms with Crippen LogP contribution in [0.4, 0.5) is 5.69 Å². The molecule has 0 aliphatic rings. The number of carbonyl (C=O) groups is 2. The van der Waals surface area contributed by atoms with Crippen molar-refractivity contribution in [1.29, 1.82) is 0 Å². The van der Waals surface area contributed by atoms with Gasteiger partial charge in [0.25, 0.3) is 0 Å². The fourth-order valence-corrected chi connectivity index (χ4v) is 1.38. The Hall–Kier alpha value is -1.26. The number of anilines is 1. The van der Waals surface area contributed by atoms with Crippen LogP contribution in [0.3, 0.4) is 0 Å². The van der Waals surface area contributed by atoms with E-state index in [9.17, 15) is 9.59 Å². The molecule has 0 fully saturated rings. The summed E-state index contributed by atoms with van der Waals surface area (Å²) in [7, 11) is 0. The van der Waals surface area contributed by atoms with Crippen LogP contribution in [-0.2, 0) is 9.59 Å². The van der Waals surface area contributed by atoms with Crippen molar-refractivity contribution in [2.24, 2.45) is 0 Å². The van der Waals surface area contributed by atoms with Crippen LogP contribution in [-0.4, -0.2) is 18.4 Å². The van der Waals surface area contributed by atoms with Gasteiger partial charge in [0, 0.05) is 12.1 Å². The Morgan fingerprint density at radius 2 is 1.88 bits per heavy atom. The highest BCUT2D eigenvalue weighted by atomic mass is 35.5. The first kappa shape index (κ1) is 13.8. The second-order valence-electron chi connectivity index (χ2n) is 3.31. The molecule has 0 aliphatic heterocycles. The third kappa shape index (κ3) is 4.63. The molecule has 0 radical (unpaired) electrons. The number of rotatable bonds is 4. The molecule has 0 aliphatic carbocycles. The van der Waals surface area contributed by atoms with E-state index < -0.39 is 0 Å². The van der Waals surface area contributed by atoms with Crippen molar-refractivity contribution in [3.05, 3.63) is 28.2 Å². The van der Waals surface area contributed by atoms with E-state index in [1.54, 1.807) is 25.1 Å². The maximum atomic E-state index is 11.4. The molecule has 1 aromatic carbocycles. The SMILES string of the molecule is CCC(=O)NCC(=O)Nc1ccc(Cl)c(Cl)c1. The maximum Gasteiger partial charge on any atom is 0.243 e. The summed E-state index contributed by atoms with van der Waals surface area (Å²) in [6.45, 7) is 1.65. The van der Waals surface area contributed by atoms with Crippen molar-refractivity contribution >= 4 is 40.7 Å². The molecule has 4 nitrogen and oxygen atoms in total. The van der Waals surface area contributed by atoms with Gasteiger partial charge in [-0.15, -0.1) is 0 Å². The van der Waals surface area contributed by atoms with Crippen molar-refractivity contribution in [2.45, 2.75) is 13.3 Å². The molecule has 6 heteroatoms. The van der Waals surface area contributed by atoms with Crippen molar-refractivity contribution in [3.63, 3.8) is 0 Å². The van der Waals surface area contributed by atoms with Crippen LogP contribution in [0.15, 0.2) is 18.2 Å². The van der Waals surface area contributed by atoms with Gasteiger partial charge in [-0.05, 0) is 18.2 Å². The van der Waals surface area contributed by atoms with E-state index in [-0.39, 0.29) is 18.4 Å². The Kier molecular flexibility index (Phi) is 5.25. The lowest BCUT2D eigenvalue weighted by molar-refractivity contribution is -0.123. The van der Waals surface area contributed by atoms with Crippen LogP contribution in [0.25, 0.3) is 0 Å². The number of halogens is 2. The summed E-state index contributed by atoms with van der Waals surface area (Å²) in [6, 6.07) is 4.77. The molecule has 0 saturated carbocycles. The molecule has 0 bridgehead atoms. The van der Waals surface area contributed by atoms with Gasteiger partial charge in [0.15, 0.2) is 0 Å². The van der Waals surface area contributed by atoms with Crippen LogP contribution in [0, 0.1) is 0 Å². The Balaban J connectivity index is 2.50. The molecule has 0 heterocycles. The van der Waals surface area contributed by atoms with Crippen LogP contribution in [0.5, 0.6) is 0 Å². The summed E-state index contributed by atoms with van der Waals surface area (Å²) in [5.74, 6) is -0.487. The standard InChI is InChI=1S/C11H12Cl2N2O2/c1-2-10(16)14-6-11(17)15-7-3-4-8(12)9(13)5-7/h3-5H,2,6H2,1H3,(H,14,16)(H,15,17). The van der Waals surface area contributed by atoms with Crippen molar-refractivity contribution < 1.29 is 9.59 Å². The average molecular weight is 275 g/mol. The molecule has 0 atom stereocenters. The molecule has 2 amide bonds. The van der Waals surface area contributed by atoms with Crippen molar-refractivity contribution in [1.82, 2.24) is 5.32 Å². The molecule has 1 aromatic rings. The minimum atomic E-state index is -0.315. The zero-order valence-electron chi connectivity index (χ0n) is 9.22. The zero-order valence-corrected chi connectivity index (χ0v) is 10.7. The van der Waals surface area contributed by atoms with Gasteiger partial charge in [0.1, 0.15) is 0 Å². The quantitative estimate of drug-likeness (QED) is 0.886. The predicted octanol–water partition coefficient (Wildman–Crippen LogP) is 2.46. The average Bonchev–Trinajstić information content (AvgIpc) is 2.31. The molecule has 1 rings (SSSR count). The first-order valence-corrected chi connectivity index (χ1v) is 5.80. The highest BCUT2D eigenvalue weighted by molar-refractivity contribution is 6.42. The van der Waals surface area contributed by atoms with Gasteiger partial charge in [0.05, 0.1) is 16.6 Å². The van der Waals surface area contributed by atoms with E-state index in [0.717, 1.165) is 0 Å². The van der Waals surface area contributed by atoms with Crippen molar-refractivity contribution in [2.75, 3.05) is 11.9 Å². The number of hydrogen-bond acceptors (Lipinski definition) is 2. The number of carbonyl (C=O) groups excluding carboxylic acids is 2. The molecule has 0 spiro atoms. The molecule has 0 saturated heterocycles. The van der Waals surface area contributed by atoms with Gasteiger partial charge < -0.3 is 10.6 Å². The van der Waals surface area contributed by atoms with E-state index in [4.69, 9.17) is 23.2 Å². The Morgan fingerprint density at radius 1 is 1.18 bits per heavy atom. The summed E-state index contributed by atoms with van der Waals surface area (Å²) >= 11 is 11.5. The number of nitrogens with one attached hydrogen (secondary N) is 2. The van der Waals surface area contributed by atoms with E-state index in [0.29, 0.717) is 22.2 Å². The smallest absolute Gasteiger partial charge is 0.243 e. The summed E-state index contributed by atoms with van der Waals surface area (Å²) < 4.78 is 0. The molecule has 0 aromatic heterocycles. The van der Waals surface area contributed by atoms with Gasteiger partial charge in [-0.25, -0.2) is 0 Å². The highest BCUT2D eigenvalue weighted by Crippen LogP contribution is 2.24. The first-order chi connectivity index (χ1) is 8.02. The maximum absolute atomic E-state index is 11.4. The van der Waals surface area contributed by atoms with Gasteiger partial charge in [0.2, 0.25) is 11.8 Å². The lowest BCUT2D eigenvalue weighted by atomic mass is 10.3. The van der Waals surface area contributed by atoms with E-state index >= 15 is 0 Å².